The zero-order valence-corrected chi connectivity index (χ0v) is 10.4. The molecule has 0 aromatic rings. The quantitative estimate of drug-likeness (QED) is 0.446. The molecule has 0 rings (SSSR count). The fourth-order valence-corrected chi connectivity index (χ4v) is 2.16. The van der Waals surface area contributed by atoms with Crippen LogP contribution >= 0.6 is 15.9 Å². The maximum absolute atomic E-state index is 3.48. The molecule has 0 aromatic heterocycles. The first-order valence-corrected chi connectivity index (χ1v) is 6.35. The zero-order chi connectivity index (χ0) is 9.40. The molecule has 0 fully saturated rings. The van der Waals surface area contributed by atoms with Crippen LogP contribution in [0.15, 0.2) is 0 Å². The average Bonchev–Trinajstić information content (AvgIpc) is 1.98. The van der Waals surface area contributed by atoms with Crippen LogP contribution in [0.5, 0.6) is 0 Å². The molecule has 0 spiro atoms. The van der Waals surface area contributed by atoms with Gasteiger partial charge in [0, 0.05) is 5.33 Å². The molecule has 0 radical (unpaired) electrons. The van der Waals surface area contributed by atoms with Crippen LogP contribution in [0.25, 0.3) is 0 Å². The van der Waals surface area contributed by atoms with E-state index >= 15 is 0 Å². The Morgan fingerprint density at radius 2 is 1.50 bits per heavy atom. The lowest BCUT2D eigenvalue weighted by Gasteiger charge is -2.09. The van der Waals surface area contributed by atoms with Gasteiger partial charge in [0.05, 0.1) is 0 Å². The van der Waals surface area contributed by atoms with Crippen LogP contribution < -0.4 is 0 Å². The summed E-state index contributed by atoms with van der Waals surface area (Å²) in [7, 11) is 0. The van der Waals surface area contributed by atoms with E-state index in [1.165, 1.54) is 37.4 Å². The van der Waals surface area contributed by atoms with E-state index in [0.717, 1.165) is 11.8 Å². The third-order valence-electron chi connectivity index (χ3n) is 2.33. The summed E-state index contributed by atoms with van der Waals surface area (Å²) in [6.07, 6.45) is 7.00. The van der Waals surface area contributed by atoms with E-state index in [1.54, 1.807) is 0 Å². The van der Waals surface area contributed by atoms with Crippen molar-refractivity contribution in [1.82, 2.24) is 0 Å². The molecule has 0 aliphatic rings. The lowest BCUT2D eigenvalue weighted by molar-refractivity contribution is 0.457. The van der Waals surface area contributed by atoms with E-state index in [4.69, 9.17) is 0 Å². The molecule has 0 aliphatic carbocycles. The Hall–Kier alpha value is 0.480. The first-order valence-electron chi connectivity index (χ1n) is 5.22. The Labute approximate surface area is 86.3 Å². The van der Waals surface area contributed by atoms with Gasteiger partial charge in [-0.1, -0.05) is 62.4 Å². The Kier molecular flexibility index (Phi) is 8.42. The van der Waals surface area contributed by atoms with Gasteiger partial charge in [0.2, 0.25) is 0 Å². The molecule has 1 heteroatoms. The van der Waals surface area contributed by atoms with Crippen molar-refractivity contribution in [3.05, 3.63) is 0 Å². The first-order chi connectivity index (χ1) is 5.66. The molecule has 0 saturated heterocycles. The van der Waals surface area contributed by atoms with Gasteiger partial charge in [-0.05, 0) is 18.3 Å². The third kappa shape index (κ3) is 8.58. The molecule has 74 valence electrons. The van der Waals surface area contributed by atoms with Gasteiger partial charge in [-0.3, -0.25) is 0 Å². The summed E-state index contributed by atoms with van der Waals surface area (Å²) in [5.74, 6) is 1.80. The van der Waals surface area contributed by atoms with Crippen molar-refractivity contribution in [2.24, 2.45) is 11.8 Å². The second kappa shape index (κ2) is 8.10. The van der Waals surface area contributed by atoms with Crippen LogP contribution in [-0.2, 0) is 0 Å². The maximum Gasteiger partial charge on any atom is 0.00338 e. The van der Waals surface area contributed by atoms with Crippen molar-refractivity contribution >= 4 is 15.9 Å². The summed E-state index contributed by atoms with van der Waals surface area (Å²) < 4.78 is 0. The van der Waals surface area contributed by atoms with E-state index in [2.05, 4.69) is 36.7 Å². The Morgan fingerprint density at radius 3 is 2.00 bits per heavy atom. The molecular weight excluding hydrogens is 212 g/mol. The molecule has 1 atom stereocenters. The summed E-state index contributed by atoms with van der Waals surface area (Å²) in [6.45, 7) is 6.97. The van der Waals surface area contributed by atoms with E-state index < -0.39 is 0 Å². The minimum Gasteiger partial charge on any atom is -0.0928 e. The highest BCUT2D eigenvalue weighted by Gasteiger charge is 2.00. The van der Waals surface area contributed by atoms with Crippen molar-refractivity contribution < 1.29 is 0 Å². The number of halogens is 1. The summed E-state index contributed by atoms with van der Waals surface area (Å²) in [5.41, 5.74) is 0. The molecule has 0 bridgehead atoms. The summed E-state index contributed by atoms with van der Waals surface area (Å²) >= 11 is 3.48. The van der Waals surface area contributed by atoms with E-state index in [0.29, 0.717) is 0 Å². The fraction of sp³-hybridized carbons (Fsp3) is 1.00. The Bertz CT molecular complexity index is 89.0. The van der Waals surface area contributed by atoms with Crippen LogP contribution in [-0.4, -0.2) is 5.33 Å². The topological polar surface area (TPSA) is 0 Å². The first kappa shape index (κ1) is 12.5. The van der Waals surface area contributed by atoms with Gasteiger partial charge >= 0.3 is 0 Å². The number of rotatable bonds is 7. The SMILES string of the molecule is CC(C)CCCCC(C)CCBr. The Morgan fingerprint density at radius 1 is 0.917 bits per heavy atom. The van der Waals surface area contributed by atoms with E-state index in [9.17, 15) is 0 Å². The van der Waals surface area contributed by atoms with Gasteiger partial charge in [-0.15, -0.1) is 0 Å². The lowest BCUT2D eigenvalue weighted by atomic mass is 9.98. The second-order valence-corrected chi connectivity index (χ2v) is 5.05. The van der Waals surface area contributed by atoms with Gasteiger partial charge < -0.3 is 0 Å². The van der Waals surface area contributed by atoms with Crippen molar-refractivity contribution in [2.75, 3.05) is 5.33 Å². The van der Waals surface area contributed by atoms with E-state index in [-0.39, 0.29) is 0 Å². The third-order valence-corrected chi connectivity index (χ3v) is 2.79. The number of unbranched alkanes of at least 4 members (excludes halogenated alkanes) is 1. The number of hydrogen-bond donors (Lipinski definition) is 0. The number of hydrogen-bond acceptors (Lipinski definition) is 0. The minimum absolute atomic E-state index is 0.886. The van der Waals surface area contributed by atoms with Crippen molar-refractivity contribution in [1.29, 1.82) is 0 Å². The van der Waals surface area contributed by atoms with Gasteiger partial charge in [-0.25, -0.2) is 0 Å². The maximum atomic E-state index is 3.48. The Balaban J connectivity index is 3.08. The molecule has 0 amide bonds. The van der Waals surface area contributed by atoms with Crippen LogP contribution in [0.1, 0.15) is 52.9 Å². The standard InChI is InChI=1S/C11H23Br/c1-10(2)6-4-5-7-11(3)8-9-12/h10-11H,4-9H2,1-3H3. The van der Waals surface area contributed by atoms with Gasteiger partial charge in [0.15, 0.2) is 0 Å². The predicted octanol–water partition coefficient (Wildman–Crippen LogP) is 4.62. The van der Waals surface area contributed by atoms with Crippen molar-refractivity contribution in [2.45, 2.75) is 52.9 Å². The van der Waals surface area contributed by atoms with Crippen LogP contribution in [0.2, 0.25) is 0 Å². The minimum atomic E-state index is 0.886. The summed E-state index contributed by atoms with van der Waals surface area (Å²) in [6, 6.07) is 0. The molecule has 0 saturated carbocycles. The van der Waals surface area contributed by atoms with Gasteiger partial charge in [0.25, 0.3) is 0 Å². The molecule has 1 unspecified atom stereocenters. The van der Waals surface area contributed by atoms with Gasteiger partial charge in [-0.2, -0.15) is 0 Å². The van der Waals surface area contributed by atoms with Crippen LogP contribution in [0.3, 0.4) is 0 Å². The molecule has 12 heavy (non-hydrogen) atoms. The predicted molar refractivity (Wildman–Crippen MR) is 60.9 cm³/mol. The fourth-order valence-electron chi connectivity index (χ4n) is 1.38. The normalized spacial score (nSPS) is 13.8. The lowest BCUT2D eigenvalue weighted by Crippen LogP contribution is -1.96. The summed E-state index contributed by atoms with van der Waals surface area (Å²) in [4.78, 5) is 0. The highest BCUT2D eigenvalue weighted by atomic mass is 79.9. The van der Waals surface area contributed by atoms with Crippen LogP contribution in [0.4, 0.5) is 0 Å². The van der Waals surface area contributed by atoms with Crippen molar-refractivity contribution in [3.8, 4) is 0 Å². The number of alkyl halides is 1. The van der Waals surface area contributed by atoms with Gasteiger partial charge in [0.1, 0.15) is 0 Å². The monoisotopic (exact) mass is 234 g/mol. The summed E-state index contributed by atoms with van der Waals surface area (Å²) in [5, 5.41) is 1.17. The average molecular weight is 235 g/mol. The molecule has 0 aliphatic heterocycles. The molecular formula is C11H23Br. The highest BCUT2D eigenvalue weighted by Crippen LogP contribution is 2.15. The largest absolute Gasteiger partial charge is 0.0928 e. The molecule has 0 nitrogen and oxygen atoms in total. The molecule has 0 N–H and O–H groups in total. The zero-order valence-electron chi connectivity index (χ0n) is 8.78. The van der Waals surface area contributed by atoms with Crippen molar-refractivity contribution in [3.63, 3.8) is 0 Å². The molecule has 0 aromatic carbocycles. The molecule has 0 heterocycles. The van der Waals surface area contributed by atoms with E-state index in [1.807, 2.05) is 0 Å². The highest BCUT2D eigenvalue weighted by molar-refractivity contribution is 9.09. The second-order valence-electron chi connectivity index (χ2n) is 4.26. The smallest absolute Gasteiger partial charge is 0.00338 e. The van der Waals surface area contributed by atoms with Crippen LogP contribution in [0, 0.1) is 11.8 Å².